The number of fused-ring (bicyclic) bond motifs is 1. The third kappa shape index (κ3) is 5.47. The maximum absolute atomic E-state index is 12.8. The van der Waals surface area contributed by atoms with Crippen LogP contribution in [0.3, 0.4) is 0 Å². The summed E-state index contributed by atoms with van der Waals surface area (Å²) in [6.45, 7) is 2.64. The van der Waals surface area contributed by atoms with Crippen LogP contribution < -0.4 is 4.74 Å². The predicted octanol–water partition coefficient (Wildman–Crippen LogP) is 1.88. The number of esters is 1. The number of ether oxygens (including phenoxy) is 1. The Morgan fingerprint density at radius 3 is 2.30 bits per heavy atom. The lowest BCUT2D eigenvalue weighted by Gasteiger charge is -2.35. The largest absolute Gasteiger partial charge is 0.427 e. The zero-order valence-corrected chi connectivity index (χ0v) is 20.0. The van der Waals surface area contributed by atoms with E-state index in [2.05, 4.69) is 0 Å². The van der Waals surface area contributed by atoms with E-state index in [4.69, 9.17) is 4.74 Å². The molecule has 2 aromatic rings. The highest BCUT2D eigenvalue weighted by atomic mass is 16.6. The third-order valence-electron chi connectivity index (χ3n) is 6.20. The molecule has 2 aromatic carbocycles. The van der Waals surface area contributed by atoms with Gasteiger partial charge in [0.15, 0.2) is 0 Å². The van der Waals surface area contributed by atoms with E-state index < -0.39 is 22.7 Å². The number of piperazine rings is 1. The van der Waals surface area contributed by atoms with Crippen LogP contribution in [0.4, 0.5) is 5.69 Å². The van der Waals surface area contributed by atoms with Crippen molar-refractivity contribution in [3.63, 3.8) is 0 Å². The Morgan fingerprint density at radius 2 is 1.62 bits per heavy atom. The summed E-state index contributed by atoms with van der Waals surface area (Å²) >= 11 is 0. The molecule has 1 fully saturated rings. The molecular weight excluding hydrogens is 484 g/mol. The van der Waals surface area contributed by atoms with Crippen molar-refractivity contribution >= 4 is 35.3 Å². The Bertz CT molecular complexity index is 1300. The van der Waals surface area contributed by atoms with E-state index in [1.807, 2.05) is 0 Å². The summed E-state index contributed by atoms with van der Waals surface area (Å²) in [6.07, 6.45) is 0.348. The van der Waals surface area contributed by atoms with Crippen molar-refractivity contribution in [3.05, 3.63) is 69.3 Å². The van der Waals surface area contributed by atoms with Gasteiger partial charge in [-0.25, -0.2) is 0 Å². The lowest BCUT2D eigenvalue weighted by molar-refractivity contribution is -0.384. The van der Waals surface area contributed by atoms with Gasteiger partial charge in [-0.2, -0.15) is 0 Å². The summed E-state index contributed by atoms with van der Waals surface area (Å²) in [6, 6.07) is 9.88. The van der Waals surface area contributed by atoms with Gasteiger partial charge < -0.3 is 14.5 Å². The molecule has 2 heterocycles. The molecule has 0 saturated carbocycles. The molecule has 4 amide bonds. The molecule has 12 heteroatoms. The van der Waals surface area contributed by atoms with Crippen molar-refractivity contribution in [2.24, 2.45) is 0 Å². The van der Waals surface area contributed by atoms with E-state index in [0.717, 1.165) is 11.0 Å². The van der Waals surface area contributed by atoms with Gasteiger partial charge in [-0.1, -0.05) is 6.07 Å². The Labute approximate surface area is 211 Å². The minimum Gasteiger partial charge on any atom is -0.427 e. The molecule has 0 aliphatic carbocycles. The fraction of sp³-hybridized carbons (Fsp3) is 0.320. The number of non-ortho nitro benzene ring substituents is 1. The predicted molar refractivity (Wildman–Crippen MR) is 128 cm³/mol. The third-order valence-corrected chi connectivity index (χ3v) is 6.20. The highest BCUT2D eigenvalue weighted by Gasteiger charge is 2.36. The molecule has 0 bridgehead atoms. The summed E-state index contributed by atoms with van der Waals surface area (Å²) in [5.41, 5.74) is 0.210. The molecule has 0 unspecified atom stereocenters. The fourth-order valence-corrected chi connectivity index (χ4v) is 4.34. The van der Waals surface area contributed by atoms with Crippen molar-refractivity contribution in [1.82, 2.24) is 14.7 Å². The van der Waals surface area contributed by atoms with E-state index in [1.54, 1.807) is 28.0 Å². The fourth-order valence-electron chi connectivity index (χ4n) is 4.34. The number of hydrogen-bond acceptors (Lipinski definition) is 8. The standard InChI is InChI=1S/C25H24N4O8/c1-16(30)37-19-5-2-4-17(14-19)23(32)27-12-10-26(11-13-27)22(31)6-3-9-28-24(33)20-8-7-18(29(35)36)15-21(20)25(28)34/h2,4-5,7-8,14-15H,3,6,9-13H2,1H3. The minimum atomic E-state index is -0.632. The second kappa shape index (κ2) is 10.6. The van der Waals surface area contributed by atoms with Gasteiger partial charge in [-0.3, -0.25) is 39.0 Å². The van der Waals surface area contributed by atoms with Crippen LogP contribution >= 0.6 is 0 Å². The van der Waals surface area contributed by atoms with E-state index in [-0.39, 0.29) is 53.8 Å². The van der Waals surface area contributed by atoms with Gasteiger partial charge in [-0.05, 0) is 30.7 Å². The topological polar surface area (TPSA) is 147 Å². The molecule has 0 radical (unpaired) electrons. The van der Waals surface area contributed by atoms with Crippen LogP contribution in [-0.4, -0.2) is 81.9 Å². The zero-order chi connectivity index (χ0) is 26.7. The Balaban J connectivity index is 1.26. The summed E-state index contributed by atoms with van der Waals surface area (Å²) in [4.78, 5) is 76.3. The molecule has 12 nitrogen and oxygen atoms in total. The van der Waals surface area contributed by atoms with E-state index in [1.165, 1.54) is 25.1 Å². The molecule has 0 N–H and O–H groups in total. The van der Waals surface area contributed by atoms with Gasteiger partial charge in [0.2, 0.25) is 5.91 Å². The first-order valence-corrected chi connectivity index (χ1v) is 11.7. The van der Waals surface area contributed by atoms with E-state index in [0.29, 0.717) is 31.7 Å². The molecule has 192 valence electrons. The second-order valence-electron chi connectivity index (χ2n) is 8.65. The minimum absolute atomic E-state index is 0.00953. The van der Waals surface area contributed by atoms with Crippen LogP contribution in [0.5, 0.6) is 5.75 Å². The van der Waals surface area contributed by atoms with Crippen molar-refractivity contribution in [1.29, 1.82) is 0 Å². The molecular formula is C25H24N4O8. The molecule has 0 atom stereocenters. The Kier molecular flexibility index (Phi) is 7.27. The average molecular weight is 508 g/mol. The number of imide groups is 1. The normalized spacial score (nSPS) is 15.0. The van der Waals surface area contributed by atoms with Gasteiger partial charge in [0.05, 0.1) is 16.1 Å². The number of carbonyl (C=O) groups is 5. The maximum atomic E-state index is 12.8. The molecule has 2 aliphatic rings. The summed E-state index contributed by atoms with van der Waals surface area (Å²) in [5, 5.41) is 11.0. The number of nitro benzene ring substituents is 1. The van der Waals surface area contributed by atoms with Gasteiger partial charge in [0.1, 0.15) is 5.75 Å². The summed E-state index contributed by atoms with van der Waals surface area (Å²) in [5.74, 6) is -1.73. The SMILES string of the molecule is CC(=O)Oc1cccc(C(=O)N2CCN(C(=O)CCCN3C(=O)c4ccc([N+](=O)[O-])cc4C3=O)CC2)c1. The van der Waals surface area contributed by atoms with Gasteiger partial charge in [-0.15, -0.1) is 0 Å². The van der Waals surface area contributed by atoms with E-state index >= 15 is 0 Å². The quantitative estimate of drug-likeness (QED) is 0.181. The van der Waals surface area contributed by atoms with Crippen molar-refractivity contribution in [2.45, 2.75) is 19.8 Å². The Hall–Kier alpha value is -4.61. The van der Waals surface area contributed by atoms with Crippen LogP contribution in [0.2, 0.25) is 0 Å². The monoisotopic (exact) mass is 508 g/mol. The lowest BCUT2D eigenvalue weighted by atomic mass is 10.1. The Morgan fingerprint density at radius 1 is 0.946 bits per heavy atom. The van der Waals surface area contributed by atoms with Crippen LogP contribution in [-0.2, 0) is 9.59 Å². The number of nitrogens with zero attached hydrogens (tertiary/aromatic N) is 4. The number of benzene rings is 2. The molecule has 0 aromatic heterocycles. The van der Waals surface area contributed by atoms with Crippen molar-refractivity contribution < 1.29 is 33.6 Å². The first-order valence-electron chi connectivity index (χ1n) is 11.7. The first kappa shape index (κ1) is 25.5. The van der Waals surface area contributed by atoms with Crippen LogP contribution in [0.25, 0.3) is 0 Å². The number of hydrogen-bond donors (Lipinski definition) is 0. The molecule has 2 aliphatic heterocycles. The molecule has 37 heavy (non-hydrogen) atoms. The van der Waals surface area contributed by atoms with Crippen molar-refractivity contribution in [3.8, 4) is 5.75 Å². The summed E-state index contributed by atoms with van der Waals surface area (Å²) < 4.78 is 5.03. The summed E-state index contributed by atoms with van der Waals surface area (Å²) in [7, 11) is 0. The van der Waals surface area contributed by atoms with Gasteiger partial charge in [0.25, 0.3) is 23.4 Å². The van der Waals surface area contributed by atoms with Crippen LogP contribution in [0.1, 0.15) is 50.8 Å². The smallest absolute Gasteiger partial charge is 0.308 e. The molecule has 1 saturated heterocycles. The van der Waals surface area contributed by atoms with E-state index in [9.17, 15) is 34.1 Å². The lowest BCUT2D eigenvalue weighted by Crippen LogP contribution is -2.50. The zero-order valence-electron chi connectivity index (χ0n) is 20.0. The second-order valence-corrected chi connectivity index (χ2v) is 8.65. The maximum Gasteiger partial charge on any atom is 0.308 e. The number of nitro groups is 1. The van der Waals surface area contributed by atoms with Crippen LogP contribution in [0.15, 0.2) is 42.5 Å². The highest BCUT2D eigenvalue weighted by Crippen LogP contribution is 2.27. The number of rotatable bonds is 7. The number of amides is 4. The molecule has 4 rings (SSSR count). The van der Waals surface area contributed by atoms with Crippen molar-refractivity contribution in [2.75, 3.05) is 32.7 Å². The van der Waals surface area contributed by atoms with Crippen LogP contribution in [0, 0.1) is 10.1 Å². The average Bonchev–Trinajstić information content (AvgIpc) is 3.12. The first-order chi connectivity index (χ1) is 17.7. The van der Waals surface area contributed by atoms with Gasteiger partial charge in [0, 0.05) is 63.8 Å². The molecule has 0 spiro atoms. The van der Waals surface area contributed by atoms with Gasteiger partial charge >= 0.3 is 5.97 Å². The highest BCUT2D eigenvalue weighted by molar-refractivity contribution is 6.21. The number of carbonyl (C=O) groups excluding carboxylic acids is 5.